The van der Waals surface area contributed by atoms with E-state index in [2.05, 4.69) is 45.3 Å². The number of aryl methyl sites for hydroxylation is 1. The summed E-state index contributed by atoms with van der Waals surface area (Å²) in [6.07, 6.45) is 0. The van der Waals surface area contributed by atoms with Gasteiger partial charge < -0.3 is 19.0 Å². The van der Waals surface area contributed by atoms with Gasteiger partial charge in [0.2, 0.25) is 0 Å². The van der Waals surface area contributed by atoms with Gasteiger partial charge in [0.25, 0.3) is 5.56 Å². The lowest BCUT2D eigenvalue weighted by Crippen LogP contribution is -2.22. The highest BCUT2D eigenvalue weighted by Crippen LogP contribution is 2.28. The number of H-pyrrole nitrogens is 1. The van der Waals surface area contributed by atoms with Crippen LogP contribution in [-0.2, 0) is 16.2 Å². The van der Waals surface area contributed by atoms with Crippen molar-refractivity contribution in [2.75, 3.05) is 13.7 Å². The molecule has 0 spiro atoms. The van der Waals surface area contributed by atoms with Gasteiger partial charge in [0, 0.05) is 25.8 Å². The monoisotopic (exact) mass is 414 g/mol. The number of nitrogens with one attached hydrogen (secondary N) is 1. The van der Waals surface area contributed by atoms with Crippen LogP contribution < -0.4 is 5.56 Å². The second kappa shape index (κ2) is 7.24. The minimum atomic E-state index is -1.14. The Morgan fingerprint density at radius 2 is 2.04 bits per heavy atom. The average molecular weight is 415 g/mol. The van der Waals surface area contributed by atoms with E-state index in [0.29, 0.717) is 24.1 Å². The highest BCUT2D eigenvalue weighted by molar-refractivity contribution is 9.10. The number of ether oxygens (including phenoxy) is 2. The summed E-state index contributed by atoms with van der Waals surface area (Å²) in [5.74, 6) is -0.572. The van der Waals surface area contributed by atoms with E-state index in [1.807, 2.05) is 11.5 Å². The number of aromatic amines is 1. The molecule has 0 bridgehead atoms. The molecule has 8 heteroatoms. The highest BCUT2D eigenvalue weighted by Gasteiger charge is 2.19. The Hall–Kier alpha value is -1.38. The van der Waals surface area contributed by atoms with E-state index in [1.165, 1.54) is 7.11 Å². The van der Waals surface area contributed by atoms with Crippen molar-refractivity contribution in [1.82, 2.24) is 9.55 Å². The number of pyridine rings is 1. The first kappa shape index (κ1) is 18.9. The van der Waals surface area contributed by atoms with Gasteiger partial charge in [-0.15, -0.1) is 0 Å². The zero-order valence-corrected chi connectivity index (χ0v) is 17.2. The summed E-state index contributed by atoms with van der Waals surface area (Å²) in [5, 5.41) is 1.22. The van der Waals surface area contributed by atoms with Crippen LogP contribution in [0.2, 0.25) is 25.7 Å². The largest absolute Gasteiger partial charge is 0.464 e. The van der Waals surface area contributed by atoms with E-state index in [4.69, 9.17) is 4.74 Å². The molecule has 24 heavy (non-hydrogen) atoms. The van der Waals surface area contributed by atoms with Crippen LogP contribution in [0, 0.1) is 6.92 Å². The normalized spacial score (nSPS) is 11.9. The molecule has 2 aromatic rings. The van der Waals surface area contributed by atoms with Crippen molar-refractivity contribution in [2.24, 2.45) is 0 Å². The fourth-order valence-electron chi connectivity index (χ4n) is 2.42. The van der Waals surface area contributed by atoms with Crippen LogP contribution in [0.3, 0.4) is 0 Å². The van der Waals surface area contributed by atoms with Crippen molar-refractivity contribution in [3.8, 4) is 0 Å². The third-order valence-electron chi connectivity index (χ3n) is 3.88. The van der Waals surface area contributed by atoms with E-state index >= 15 is 0 Å². The van der Waals surface area contributed by atoms with Crippen LogP contribution in [0.4, 0.5) is 0 Å². The topological polar surface area (TPSA) is 73.3 Å². The number of esters is 1. The first-order valence-electron chi connectivity index (χ1n) is 7.73. The van der Waals surface area contributed by atoms with E-state index < -0.39 is 14.0 Å². The highest BCUT2D eigenvalue weighted by atomic mass is 79.9. The van der Waals surface area contributed by atoms with Gasteiger partial charge in [0.05, 0.1) is 17.1 Å². The Balaban J connectivity index is 2.34. The second-order valence-corrected chi connectivity index (χ2v) is 13.3. The van der Waals surface area contributed by atoms with Gasteiger partial charge in [0.15, 0.2) is 0 Å². The zero-order chi connectivity index (χ0) is 18.1. The number of hydrogen-bond acceptors (Lipinski definition) is 4. The molecule has 132 valence electrons. The van der Waals surface area contributed by atoms with Crippen molar-refractivity contribution in [3.63, 3.8) is 0 Å². The maximum atomic E-state index is 12.3. The number of aromatic nitrogens is 2. The molecule has 0 aliphatic carbocycles. The van der Waals surface area contributed by atoms with Crippen LogP contribution >= 0.6 is 15.9 Å². The molecule has 0 unspecified atom stereocenters. The van der Waals surface area contributed by atoms with Gasteiger partial charge >= 0.3 is 5.97 Å². The molecule has 0 atom stereocenters. The number of hydrogen-bond donors (Lipinski definition) is 1. The lowest BCUT2D eigenvalue weighted by Gasteiger charge is -2.16. The van der Waals surface area contributed by atoms with Crippen LogP contribution in [0.25, 0.3) is 10.8 Å². The first-order valence-corrected chi connectivity index (χ1v) is 12.2. The van der Waals surface area contributed by atoms with Crippen molar-refractivity contribution in [2.45, 2.75) is 39.3 Å². The van der Waals surface area contributed by atoms with Crippen molar-refractivity contribution in [1.29, 1.82) is 0 Å². The van der Waals surface area contributed by atoms with Gasteiger partial charge in [-0.25, -0.2) is 4.79 Å². The molecule has 2 heterocycles. The number of carbonyl (C=O) groups is 1. The lowest BCUT2D eigenvalue weighted by molar-refractivity contribution is 0.0594. The molecular weight excluding hydrogens is 392 g/mol. The van der Waals surface area contributed by atoms with E-state index in [1.54, 1.807) is 6.07 Å². The van der Waals surface area contributed by atoms with Gasteiger partial charge in [-0.05, 0) is 35.0 Å². The van der Waals surface area contributed by atoms with Gasteiger partial charge in [-0.3, -0.25) is 4.79 Å². The van der Waals surface area contributed by atoms with E-state index in [-0.39, 0.29) is 11.3 Å². The summed E-state index contributed by atoms with van der Waals surface area (Å²) in [5.41, 5.74) is 0.613. The maximum absolute atomic E-state index is 12.3. The number of carbonyl (C=O) groups excluding carboxylic acids is 1. The average Bonchev–Trinajstić information content (AvgIpc) is 2.74. The third-order valence-corrected chi connectivity index (χ3v) is 6.44. The van der Waals surface area contributed by atoms with Crippen LogP contribution in [0.15, 0.2) is 15.5 Å². The minimum Gasteiger partial charge on any atom is -0.464 e. The number of methoxy groups -OCH3 is 1. The summed E-state index contributed by atoms with van der Waals surface area (Å²) in [4.78, 5) is 26.6. The van der Waals surface area contributed by atoms with Gasteiger partial charge in [-0.1, -0.05) is 19.6 Å². The number of fused-ring (bicyclic) bond motifs is 1. The van der Waals surface area contributed by atoms with Crippen LogP contribution in [0.1, 0.15) is 16.2 Å². The molecule has 0 amide bonds. The molecule has 0 saturated carbocycles. The number of halogens is 1. The van der Waals surface area contributed by atoms with Crippen LogP contribution in [0.5, 0.6) is 0 Å². The smallest absolute Gasteiger partial charge is 0.354 e. The Morgan fingerprint density at radius 1 is 1.38 bits per heavy atom. The summed E-state index contributed by atoms with van der Waals surface area (Å²) in [7, 11) is 0.140. The third kappa shape index (κ3) is 3.99. The predicted octanol–water partition coefficient (Wildman–Crippen LogP) is 3.50. The molecule has 0 saturated heterocycles. The molecule has 2 aromatic heterocycles. The molecular formula is C16H23BrN2O4Si. The standard InChI is InChI=1S/C16H23BrN2O4Si/c1-10-13-11(8-12(16(21)22-2)18-15(13)20)14(17)19(10)9-23-6-7-24(3,4)5/h8H,6-7,9H2,1-5H3,(H,18,20). The van der Waals surface area contributed by atoms with E-state index in [0.717, 1.165) is 16.3 Å². The quantitative estimate of drug-likeness (QED) is 0.445. The van der Waals surface area contributed by atoms with Crippen molar-refractivity contribution >= 4 is 40.7 Å². The molecule has 6 nitrogen and oxygen atoms in total. The SMILES string of the molecule is COC(=O)c1cc2c(Br)n(COCC[Si](C)(C)C)c(C)c2c(=O)[nH]1. The fraction of sp³-hybridized carbons (Fsp3) is 0.500. The molecule has 0 radical (unpaired) electrons. The summed E-state index contributed by atoms with van der Waals surface area (Å²) in [6.45, 7) is 9.82. The first-order chi connectivity index (χ1) is 11.2. The Morgan fingerprint density at radius 3 is 2.62 bits per heavy atom. The molecule has 2 rings (SSSR count). The Bertz CT molecular complexity index is 820. The van der Waals surface area contributed by atoms with Crippen molar-refractivity contribution < 1.29 is 14.3 Å². The summed E-state index contributed by atoms with van der Waals surface area (Å²) in [6, 6.07) is 2.70. The van der Waals surface area contributed by atoms with E-state index in [9.17, 15) is 9.59 Å². The Kier molecular flexibility index (Phi) is 5.72. The number of rotatable bonds is 6. The molecule has 0 aromatic carbocycles. The maximum Gasteiger partial charge on any atom is 0.354 e. The zero-order valence-electron chi connectivity index (χ0n) is 14.7. The Labute approximate surface area is 150 Å². The minimum absolute atomic E-state index is 0.132. The predicted molar refractivity (Wildman–Crippen MR) is 100 cm³/mol. The molecule has 1 N–H and O–H groups in total. The van der Waals surface area contributed by atoms with Crippen LogP contribution in [-0.4, -0.2) is 37.3 Å². The fourth-order valence-corrected chi connectivity index (χ4v) is 3.85. The molecule has 0 aliphatic heterocycles. The lowest BCUT2D eigenvalue weighted by atomic mass is 10.2. The molecule has 0 aliphatic rings. The van der Waals surface area contributed by atoms with Gasteiger partial charge in [0.1, 0.15) is 12.4 Å². The molecule has 0 fully saturated rings. The number of nitrogens with zero attached hydrogens (tertiary/aromatic N) is 1. The van der Waals surface area contributed by atoms with Crippen molar-refractivity contribution in [3.05, 3.63) is 32.4 Å². The summed E-state index contributed by atoms with van der Waals surface area (Å²) < 4.78 is 13.1. The second-order valence-electron chi connectivity index (χ2n) is 6.94. The van der Waals surface area contributed by atoms with Gasteiger partial charge in [-0.2, -0.15) is 0 Å². The summed E-state index contributed by atoms with van der Waals surface area (Å²) >= 11 is 3.52.